The van der Waals surface area contributed by atoms with Crippen molar-refractivity contribution in [1.82, 2.24) is 0 Å². The quantitative estimate of drug-likeness (QED) is 0.651. The summed E-state index contributed by atoms with van der Waals surface area (Å²) in [6, 6.07) is 11.8. The molecule has 0 aliphatic heterocycles. The molecule has 3 N–H and O–H groups in total. The minimum Gasteiger partial charge on any atom is -0.454 e. The number of benzene rings is 2. The Morgan fingerprint density at radius 1 is 1.21 bits per heavy atom. The van der Waals surface area contributed by atoms with Gasteiger partial charge in [-0.15, -0.1) is 0 Å². The van der Waals surface area contributed by atoms with Crippen LogP contribution in [0.1, 0.15) is 18.1 Å². The molecule has 2 aromatic rings. The van der Waals surface area contributed by atoms with Crippen LogP contribution >= 0.6 is 0 Å². The molecule has 0 aliphatic rings. The maximum absolute atomic E-state index is 13.9. The molecule has 2 rings (SSSR count). The van der Waals surface area contributed by atoms with Crippen molar-refractivity contribution >= 4 is 5.84 Å². The third-order valence-corrected chi connectivity index (χ3v) is 2.82. The van der Waals surface area contributed by atoms with Crippen molar-refractivity contribution in [3.63, 3.8) is 0 Å². The molecule has 0 bridgehead atoms. The van der Waals surface area contributed by atoms with E-state index in [1.807, 2.05) is 25.1 Å². The minimum absolute atomic E-state index is 0.130. The molecule has 0 aliphatic carbocycles. The van der Waals surface area contributed by atoms with Crippen LogP contribution in [-0.4, -0.2) is 5.84 Å². The number of hydrogen-bond donors (Lipinski definition) is 2. The zero-order valence-electron chi connectivity index (χ0n) is 10.6. The van der Waals surface area contributed by atoms with Crippen molar-refractivity contribution in [3.8, 4) is 11.5 Å². The van der Waals surface area contributed by atoms with E-state index >= 15 is 0 Å². The number of amidine groups is 1. The fourth-order valence-corrected chi connectivity index (χ4v) is 1.77. The smallest absolute Gasteiger partial charge is 0.166 e. The average molecular weight is 258 g/mol. The van der Waals surface area contributed by atoms with Crippen molar-refractivity contribution in [1.29, 1.82) is 5.41 Å². The van der Waals surface area contributed by atoms with Gasteiger partial charge >= 0.3 is 0 Å². The first-order valence-electron chi connectivity index (χ1n) is 6.01. The first-order chi connectivity index (χ1) is 9.11. The Morgan fingerprint density at radius 3 is 2.58 bits per heavy atom. The van der Waals surface area contributed by atoms with E-state index in [0.717, 1.165) is 12.0 Å². The molecule has 0 saturated carbocycles. The molecule has 0 amide bonds. The third-order valence-electron chi connectivity index (χ3n) is 2.82. The number of para-hydroxylation sites is 1. The predicted molar refractivity (Wildman–Crippen MR) is 73.3 cm³/mol. The number of nitrogens with one attached hydrogen (secondary N) is 1. The Labute approximate surface area is 111 Å². The molecule has 0 saturated heterocycles. The zero-order valence-corrected chi connectivity index (χ0v) is 10.6. The summed E-state index contributed by atoms with van der Waals surface area (Å²) < 4.78 is 19.4. The lowest BCUT2D eigenvalue weighted by molar-refractivity contribution is 0.438. The van der Waals surface area contributed by atoms with Gasteiger partial charge in [0, 0.05) is 5.56 Å². The van der Waals surface area contributed by atoms with Crippen LogP contribution in [0.15, 0.2) is 42.5 Å². The van der Waals surface area contributed by atoms with Crippen LogP contribution in [0.3, 0.4) is 0 Å². The van der Waals surface area contributed by atoms with Gasteiger partial charge in [0.1, 0.15) is 11.6 Å². The molecule has 2 aromatic carbocycles. The number of aryl methyl sites for hydroxylation is 1. The molecule has 3 nitrogen and oxygen atoms in total. The number of nitrogen functional groups attached to an aromatic ring is 1. The minimum atomic E-state index is -0.529. The van der Waals surface area contributed by atoms with Gasteiger partial charge in [-0.3, -0.25) is 5.41 Å². The second kappa shape index (κ2) is 5.52. The second-order valence-corrected chi connectivity index (χ2v) is 4.12. The fourth-order valence-electron chi connectivity index (χ4n) is 1.77. The summed E-state index contributed by atoms with van der Waals surface area (Å²) in [7, 11) is 0. The highest BCUT2D eigenvalue weighted by atomic mass is 19.1. The standard InChI is InChI=1S/C15H15FN2O/c1-2-10-5-3-4-6-13(10)19-14-8-7-11(15(17)18)9-12(14)16/h3-9H,2H2,1H3,(H3,17,18). The van der Waals surface area contributed by atoms with Crippen molar-refractivity contribution in [2.24, 2.45) is 5.73 Å². The molecule has 4 heteroatoms. The zero-order chi connectivity index (χ0) is 13.8. The molecule has 0 heterocycles. The van der Waals surface area contributed by atoms with Gasteiger partial charge < -0.3 is 10.5 Å². The lowest BCUT2D eigenvalue weighted by Gasteiger charge is -2.11. The van der Waals surface area contributed by atoms with E-state index in [4.69, 9.17) is 15.9 Å². The van der Waals surface area contributed by atoms with Gasteiger partial charge in [0.05, 0.1) is 0 Å². The summed E-state index contributed by atoms with van der Waals surface area (Å²) in [5, 5.41) is 7.26. The highest BCUT2D eigenvalue weighted by molar-refractivity contribution is 5.95. The van der Waals surface area contributed by atoms with Gasteiger partial charge in [0.15, 0.2) is 11.6 Å². The van der Waals surface area contributed by atoms with Crippen molar-refractivity contribution < 1.29 is 9.13 Å². The van der Waals surface area contributed by atoms with E-state index in [-0.39, 0.29) is 11.6 Å². The number of nitrogens with two attached hydrogens (primary N) is 1. The first kappa shape index (κ1) is 13.1. The summed E-state index contributed by atoms with van der Waals surface area (Å²) in [5.41, 5.74) is 6.66. The summed E-state index contributed by atoms with van der Waals surface area (Å²) in [5.74, 6) is 0.0726. The summed E-state index contributed by atoms with van der Waals surface area (Å²) in [4.78, 5) is 0. The fraction of sp³-hybridized carbons (Fsp3) is 0.133. The Balaban J connectivity index is 2.31. The molecule has 0 spiro atoms. The van der Waals surface area contributed by atoms with E-state index in [1.54, 1.807) is 12.1 Å². The predicted octanol–water partition coefficient (Wildman–Crippen LogP) is 3.46. The van der Waals surface area contributed by atoms with E-state index in [0.29, 0.717) is 11.3 Å². The average Bonchev–Trinajstić information content (AvgIpc) is 2.41. The van der Waals surface area contributed by atoms with Crippen LogP contribution in [0, 0.1) is 11.2 Å². The molecule has 0 unspecified atom stereocenters. The van der Waals surface area contributed by atoms with Gasteiger partial charge in [-0.2, -0.15) is 0 Å². The van der Waals surface area contributed by atoms with Crippen LogP contribution in [0.4, 0.5) is 4.39 Å². The summed E-state index contributed by atoms with van der Waals surface area (Å²) in [6.45, 7) is 2.01. The van der Waals surface area contributed by atoms with Gasteiger partial charge in [-0.05, 0) is 36.2 Å². The molecular weight excluding hydrogens is 243 g/mol. The molecular formula is C15H15FN2O. The molecule has 0 fully saturated rings. The summed E-state index contributed by atoms with van der Waals surface area (Å²) >= 11 is 0. The Hall–Kier alpha value is -2.36. The van der Waals surface area contributed by atoms with E-state index in [2.05, 4.69) is 0 Å². The largest absolute Gasteiger partial charge is 0.454 e. The van der Waals surface area contributed by atoms with Gasteiger partial charge in [0.2, 0.25) is 0 Å². The van der Waals surface area contributed by atoms with E-state index < -0.39 is 5.82 Å². The van der Waals surface area contributed by atoms with Gasteiger partial charge in [-0.25, -0.2) is 4.39 Å². The molecule has 0 radical (unpaired) electrons. The maximum Gasteiger partial charge on any atom is 0.166 e. The first-order valence-corrected chi connectivity index (χ1v) is 6.01. The monoisotopic (exact) mass is 258 g/mol. The van der Waals surface area contributed by atoms with Crippen LogP contribution < -0.4 is 10.5 Å². The van der Waals surface area contributed by atoms with Crippen molar-refractivity contribution in [2.75, 3.05) is 0 Å². The third kappa shape index (κ3) is 2.91. The molecule has 0 atom stereocenters. The number of hydrogen-bond acceptors (Lipinski definition) is 2. The second-order valence-electron chi connectivity index (χ2n) is 4.12. The van der Waals surface area contributed by atoms with Gasteiger partial charge in [0.25, 0.3) is 0 Å². The number of rotatable bonds is 4. The van der Waals surface area contributed by atoms with Crippen molar-refractivity contribution in [3.05, 3.63) is 59.4 Å². The van der Waals surface area contributed by atoms with E-state index in [9.17, 15) is 4.39 Å². The van der Waals surface area contributed by atoms with Crippen molar-refractivity contribution in [2.45, 2.75) is 13.3 Å². The summed E-state index contributed by atoms with van der Waals surface area (Å²) in [6.07, 6.45) is 0.809. The molecule has 0 aromatic heterocycles. The van der Waals surface area contributed by atoms with Crippen LogP contribution in [-0.2, 0) is 6.42 Å². The highest BCUT2D eigenvalue weighted by Crippen LogP contribution is 2.28. The van der Waals surface area contributed by atoms with Crippen LogP contribution in [0.5, 0.6) is 11.5 Å². The Bertz CT molecular complexity index is 611. The van der Waals surface area contributed by atoms with Gasteiger partial charge in [-0.1, -0.05) is 25.1 Å². The van der Waals surface area contributed by atoms with Crippen LogP contribution in [0.2, 0.25) is 0 Å². The highest BCUT2D eigenvalue weighted by Gasteiger charge is 2.09. The Kier molecular flexibility index (Phi) is 3.80. The lowest BCUT2D eigenvalue weighted by Crippen LogP contribution is -2.11. The lowest BCUT2D eigenvalue weighted by atomic mass is 10.1. The topological polar surface area (TPSA) is 59.1 Å². The number of ether oxygens (including phenoxy) is 1. The molecule has 19 heavy (non-hydrogen) atoms. The molecule has 98 valence electrons. The Morgan fingerprint density at radius 2 is 1.95 bits per heavy atom. The SMILES string of the molecule is CCc1ccccc1Oc1ccc(C(=N)N)cc1F. The van der Waals surface area contributed by atoms with E-state index in [1.165, 1.54) is 12.1 Å². The maximum atomic E-state index is 13.9. The van der Waals surface area contributed by atoms with Crippen LogP contribution in [0.25, 0.3) is 0 Å². The number of halogens is 1. The normalized spacial score (nSPS) is 10.2.